The van der Waals surface area contributed by atoms with Gasteiger partial charge in [-0.15, -0.1) is 0 Å². The Kier molecular flexibility index (Phi) is 10.2. The molecule has 1 aromatic heterocycles. The molecule has 2 nitrogen and oxygen atoms in total. The zero-order valence-corrected chi connectivity index (χ0v) is 21.4. The van der Waals surface area contributed by atoms with Gasteiger partial charge in [-0.1, -0.05) is 115 Å². The van der Waals surface area contributed by atoms with E-state index in [0.29, 0.717) is 5.92 Å². The number of hydrogen-bond donors (Lipinski definition) is 1. The first-order chi connectivity index (χ1) is 16.1. The van der Waals surface area contributed by atoms with Gasteiger partial charge in [0.2, 0.25) is 0 Å². The van der Waals surface area contributed by atoms with E-state index in [-0.39, 0.29) is 0 Å². The zero-order valence-electron chi connectivity index (χ0n) is 21.4. The molecule has 33 heavy (non-hydrogen) atoms. The van der Waals surface area contributed by atoms with Crippen molar-refractivity contribution in [2.45, 2.75) is 104 Å². The third-order valence-electron chi connectivity index (χ3n) is 6.67. The topological polar surface area (TPSA) is 28.7 Å². The number of unbranched alkanes of at least 4 members (excludes halogenated alkanes) is 6. The zero-order chi connectivity index (χ0) is 23.5. The Morgan fingerprint density at radius 1 is 0.697 bits per heavy atom. The summed E-state index contributed by atoms with van der Waals surface area (Å²) >= 11 is 0. The maximum absolute atomic E-state index is 5.09. The standard InChI is InChI=1S/C31H44N2/c1-5-7-9-10-12-14-29-31(28-21-19-27(20-22-28)24(3)4)33-30(32-29)23-26-17-15-25(16-18-26)13-11-8-6-2/h15-22,24H,5-14,23H2,1-4H3,(H,32,33). The largest absolute Gasteiger partial charge is 0.345 e. The van der Waals surface area contributed by atoms with Gasteiger partial charge < -0.3 is 4.98 Å². The second kappa shape index (κ2) is 13.4. The maximum Gasteiger partial charge on any atom is 0.111 e. The van der Waals surface area contributed by atoms with E-state index >= 15 is 0 Å². The number of nitrogens with one attached hydrogen (secondary N) is 1. The summed E-state index contributed by atoms with van der Waals surface area (Å²) in [5, 5.41) is 0. The molecule has 0 spiro atoms. The van der Waals surface area contributed by atoms with Gasteiger partial charge in [-0.25, -0.2) is 4.98 Å². The molecular weight excluding hydrogens is 400 g/mol. The summed E-state index contributed by atoms with van der Waals surface area (Å²) in [6, 6.07) is 18.2. The number of hydrogen-bond acceptors (Lipinski definition) is 1. The average Bonchev–Trinajstić information content (AvgIpc) is 3.22. The van der Waals surface area contributed by atoms with Crippen LogP contribution in [0.3, 0.4) is 0 Å². The van der Waals surface area contributed by atoms with Gasteiger partial charge in [0.25, 0.3) is 0 Å². The molecule has 1 N–H and O–H groups in total. The Balaban J connectivity index is 1.73. The summed E-state index contributed by atoms with van der Waals surface area (Å²) in [4.78, 5) is 8.80. The molecule has 0 aliphatic carbocycles. The van der Waals surface area contributed by atoms with E-state index in [4.69, 9.17) is 4.98 Å². The second-order valence-corrected chi connectivity index (χ2v) is 9.90. The van der Waals surface area contributed by atoms with Crippen LogP contribution in [-0.4, -0.2) is 9.97 Å². The van der Waals surface area contributed by atoms with Crippen LogP contribution in [0.2, 0.25) is 0 Å². The van der Waals surface area contributed by atoms with Gasteiger partial charge in [-0.3, -0.25) is 0 Å². The van der Waals surface area contributed by atoms with E-state index in [2.05, 4.69) is 81.2 Å². The van der Waals surface area contributed by atoms with Crippen molar-refractivity contribution < 1.29 is 0 Å². The predicted octanol–water partition coefficient (Wildman–Crippen LogP) is 9.04. The van der Waals surface area contributed by atoms with Gasteiger partial charge in [0, 0.05) is 17.7 Å². The molecule has 0 radical (unpaired) electrons. The molecule has 2 heteroatoms. The SMILES string of the molecule is CCCCCCCc1[nH]c(Cc2ccc(CCCCC)cc2)nc1-c1ccc(C(C)C)cc1. The Bertz CT molecular complexity index is 932. The number of H-pyrrole nitrogens is 1. The highest BCUT2D eigenvalue weighted by Crippen LogP contribution is 2.26. The van der Waals surface area contributed by atoms with Crippen molar-refractivity contribution in [3.63, 3.8) is 0 Å². The first-order valence-corrected chi connectivity index (χ1v) is 13.4. The first-order valence-electron chi connectivity index (χ1n) is 13.4. The summed E-state index contributed by atoms with van der Waals surface area (Å²) in [6.07, 6.45) is 13.5. The van der Waals surface area contributed by atoms with Gasteiger partial charge >= 0.3 is 0 Å². The van der Waals surface area contributed by atoms with Crippen LogP contribution in [0.25, 0.3) is 11.3 Å². The number of rotatable bonds is 14. The molecule has 0 atom stereocenters. The van der Waals surface area contributed by atoms with Gasteiger partial charge in [-0.2, -0.15) is 0 Å². The second-order valence-electron chi connectivity index (χ2n) is 9.90. The Labute approximate surface area is 202 Å². The highest BCUT2D eigenvalue weighted by atomic mass is 14.9. The lowest BCUT2D eigenvalue weighted by Gasteiger charge is -2.07. The van der Waals surface area contributed by atoms with Crippen LogP contribution in [-0.2, 0) is 19.3 Å². The number of aromatic amines is 1. The maximum atomic E-state index is 5.09. The molecule has 0 aliphatic heterocycles. The third kappa shape index (κ3) is 7.88. The summed E-state index contributed by atoms with van der Waals surface area (Å²) < 4.78 is 0. The molecule has 178 valence electrons. The van der Waals surface area contributed by atoms with Gasteiger partial charge in [0.15, 0.2) is 0 Å². The molecule has 0 saturated carbocycles. The van der Waals surface area contributed by atoms with Crippen molar-refractivity contribution in [2.24, 2.45) is 0 Å². The van der Waals surface area contributed by atoms with Gasteiger partial charge in [-0.05, 0) is 48.3 Å². The van der Waals surface area contributed by atoms with Gasteiger partial charge in [0.1, 0.15) is 5.82 Å². The van der Waals surface area contributed by atoms with Crippen LogP contribution in [0.5, 0.6) is 0 Å². The summed E-state index contributed by atoms with van der Waals surface area (Å²) in [6.45, 7) is 9.04. The molecule has 0 fully saturated rings. The highest BCUT2D eigenvalue weighted by Gasteiger charge is 2.13. The lowest BCUT2D eigenvalue weighted by atomic mass is 9.99. The van der Waals surface area contributed by atoms with E-state index < -0.39 is 0 Å². The normalized spacial score (nSPS) is 11.4. The van der Waals surface area contributed by atoms with Crippen LogP contribution in [0.15, 0.2) is 48.5 Å². The minimum atomic E-state index is 0.553. The number of nitrogens with zero attached hydrogens (tertiary/aromatic N) is 1. The van der Waals surface area contributed by atoms with Crippen LogP contribution >= 0.6 is 0 Å². The first kappa shape index (κ1) is 25.3. The van der Waals surface area contributed by atoms with E-state index in [0.717, 1.165) is 24.4 Å². The average molecular weight is 445 g/mol. The lowest BCUT2D eigenvalue weighted by molar-refractivity contribution is 0.629. The van der Waals surface area contributed by atoms with E-state index in [1.807, 2.05) is 0 Å². The number of aromatic nitrogens is 2. The summed E-state index contributed by atoms with van der Waals surface area (Å²) in [7, 11) is 0. The molecule has 3 aromatic rings. The minimum Gasteiger partial charge on any atom is -0.345 e. The number of benzene rings is 2. The van der Waals surface area contributed by atoms with Crippen LogP contribution in [0.1, 0.15) is 113 Å². The fourth-order valence-corrected chi connectivity index (χ4v) is 4.49. The van der Waals surface area contributed by atoms with E-state index in [1.54, 1.807) is 0 Å². The lowest BCUT2D eigenvalue weighted by Crippen LogP contribution is -1.93. The Hall–Kier alpha value is -2.35. The van der Waals surface area contributed by atoms with Crippen LogP contribution in [0.4, 0.5) is 0 Å². The summed E-state index contributed by atoms with van der Waals surface area (Å²) in [5.41, 5.74) is 7.85. The summed E-state index contributed by atoms with van der Waals surface area (Å²) in [5.74, 6) is 1.64. The van der Waals surface area contributed by atoms with Crippen molar-refractivity contribution in [3.8, 4) is 11.3 Å². The monoisotopic (exact) mass is 444 g/mol. The molecule has 2 aromatic carbocycles. The molecule has 0 unspecified atom stereocenters. The molecule has 0 bridgehead atoms. The van der Waals surface area contributed by atoms with Gasteiger partial charge in [0.05, 0.1) is 5.69 Å². The van der Waals surface area contributed by atoms with Crippen LogP contribution in [0, 0.1) is 0 Å². The smallest absolute Gasteiger partial charge is 0.111 e. The number of imidazole rings is 1. The molecule has 3 rings (SSSR count). The molecule has 0 saturated heterocycles. The van der Waals surface area contributed by atoms with Crippen molar-refractivity contribution >= 4 is 0 Å². The Morgan fingerprint density at radius 2 is 1.30 bits per heavy atom. The Morgan fingerprint density at radius 3 is 1.97 bits per heavy atom. The number of aryl methyl sites for hydroxylation is 2. The van der Waals surface area contributed by atoms with E-state index in [1.165, 1.54) is 85.7 Å². The minimum absolute atomic E-state index is 0.553. The molecule has 0 aliphatic rings. The van der Waals surface area contributed by atoms with Crippen molar-refractivity contribution in [3.05, 3.63) is 76.7 Å². The fourth-order valence-electron chi connectivity index (χ4n) is 4.49. The highest BCUT2D eigenvalue weighted by molar-refractivity contribution is 5.63. The molecule has 0 amide bonds. The van der Waals surface area contributed by atoms with Crippen LogP contribution < -0.4 is 0 Å². The fraction of sp³-hybridized carbons (Fsp3) is 0.516. The molecule has 1 heterocycles. The third-order valence-corrected chi connectivity index (χ3v) is 6.67. The molecular formula is C31H44N2. The van der Waals surface area contributed by atoms with Crippen molar-refractivity contribution in [2.75, 3.05) is 0 Å². The quantitative estimate of drug-likeness (QED) is 0.247. The van der Waals surface area contributed by atoms with Crippen molar-refractivity contribution in [1.82, 2.24) is 9.97 Å². The predicted molar refractivity (Wildman–Crippen MR) is 143 cm³/mol. The van der Waals surface area contributed by atoms with Crippen molar-refractivity contribution in [1.29, 1.82) is 0 Å². The van der Waals surface area contributed by atoms with E-state index in [9.17, 15) is 0 Å².